The third-order valence-corrected chi connectivity index (χ3v) is 2.84. The number of hydrogen-bond acceptors (Lipinski definition) is 3. The highest BCUT2D eigenvalue weighted by molar-refractivity contribution is 7.71. The molecule has 3 rings (SSSR count). The number of rotatable bonds is 1. The number of pyridine rings is 1. The fraction of sp³-hybridized carbons (Fsp3) is 0. The minimum Gasteiger partial charge on any atom is -0.330 e. The second kappa shape index (κ2) is 4.07. The Hall–Kier alpha value is -2.07. The first kappa shape index (κ1) is 10.1. The minimum atomic E-state index is 0.482. The Morgan fingerprint density at radius 3 is 2.82 bits per heavy atom. The average molecular weight is 239 g/mol. The van der Waals surface area contributed by atoms with Crippen molar-refractivity contribution >= 4 is 23.0 Å². The molecule has 0 unspecified atom stereocenters. The van der Waals surface area contributed by atoms with Gasteiger partial charge in [0.15, 0.2) is 4.77 Å². The first-order chi connectivity index (χ1) is 8.34. The molecule has 3 aromatic rings. The van der Waals surface area contributed by atoms with E-state index in [2.05, 4.69) is 21.0 Å². The van der Waals surface area contributed by atoms with E-state index < -0.39 is 0 Å². The topological polar surface area (TPSA) is 41.6 Å². The van der Waals surface area contributed by atoms with Gasteiger partial charge in [0.25, 0.3) is 0 Å². The van der Waals surface area contributed by atoms with Crippen LogP contribution in [0.25, 0.3) is 22.0 Å². The summed E-state index contributed by atoms with van der Waals surface area (Å²) in [6, 6.07) is 10.0. The molecular formula is C13H9N3S. The van der Waals surface area contributed by atoms with Crippen molar-refractivity contribution in [2.24, 2.45) is 0 Å². The highest BCUT2D eigenvalue weighted by atomic mass is 32.1. The molecule has 3 nitrogen and oxygen atoms in total. The Balaban J connectivity index is 2.34. The van der Waals surface area contributed by atoms with Gasteiger partial charge < -0.3 is 4.98 Å². The zero-order chi connectivity index (χ0) is 11.7. The molecular weight excluding hydrogens is 230 g/mol. The van der Waals surface area contributed by atoms with E-state index in [9.17, 15) is 0 Å². The number of nitrogens with one attached hydrogen (secondary N) is 1. The van der Waals surface area contributed by atoms with Crippen LogP contribution >= 0.6 is 12.2 Å². The van der Waals surface area contributed by atoms with Crippen molar-refractivity contribution in [3.63, 3.8) is 0 Å². The number of benzene rings is 1. The highest BCUT2D eigenvalue weighted by Gasteiger charge is 2.03. The summed E-state index contributed by atoms with van der Waals surface area (Å²) >= 11 is 5.04. The molecule has 82 valence electrons. The van der Waals surface area contributed by atoms with Gasteiger partial charge in [-0.05, 0) is 23.7 Å². The molecule has 0 aliphatic carbocycles. The summed E-state index contributed by atoms with van der Waals surface area (Å²) in [6.45, 7) is 0. The third kappa shape index (κ3) is 1.83. The first-order valence-corrected chi connectivity index (χ1v) is 5.64. The number of nitrogens with zero attached hydrogens (tertiary/aromatic N) is 2. The molecule has 0 fully saturated rings. The van der Waals surface area contributed by atoms with Gasteiger partial charge in [0, 0.05) is 29.5 Å². The molecule has 0 aliphatic rings. The van der Waals surface area contributed by atoms with Crippen LogP contribution in [0.3, 0.4) is 0 Å². The number of fused-ring (bicyclic) bond motifs is 1. The van der Waals surface area contributed by atoms with Crippen molar-refractivity contribution in [3.05, 3.63) is 53.7 Å². The van der Waals surface area contributed by atoms with E-state index in [4.69, 9.17) is 12.2 Å². The predicted molar refractivity (Wildman–Crippen MR) is 70.2 cm³/mol. The number of H-pyrrole nitrogens is 1. The van der Waals surface area contributed by atoms with Crippen molar-refractivity contribution in [1.82, 2.24) is 15.0 Å². The van der Waals surface area contributed by atoms with Gasteiger partial charge in [-0.25, -0.2) is 4.98 Å². The summed E-state index contributed by atoms with van der Waals surface area (Å²) in [6.07, 6.45) is 5.40. The highest BCUT2D eigenvalue weighted by Crippen LogP contribution is 2.25. The smallest absolute Gasteiger partial charge is 0.197 e. The molecule has 1 N–H and O–H groups in total. The van der Waals surface area contributed by atoms with Crippen LogP contribution in [0.15, 0.2) is 48.9 Å². The van der Waals surface area contributed by atoms with E-state index >= 15 is 0 Å². The van der Waals surface area contributed by atoms with Crippen LogP contribution in [0.4, 0.5) is 0 Å². The number of aromatic nitrogens is 3. The lowest BCUT2D eigenvalue weighted by molar-refractivity contribution is 1.14. The quantitative estimate of drug-likeness (QED) is 0.662. The third-order valence-electron chi connectivity index (χ3n) is 2.63. The molecule has 4 heteroatoms. The van der Waals surface area contributed by atoms with Crippen molar-refractivity contribution in [1.29, 1.82) is 0 Å². The average Bonchev–Trinajstić information content (AvgIpc) is 2.38. The van der Waals surface area contributed by atoms with Crippen molar-refractivity contribution in [2.45, 2.75) is 0 Å². The second-order valence-corrected chi connectivity index (χ2v) is 4.08. The molecule has 0 bridgehead atoms. The molecule has 0 saturated carbocycles. The normalized spacial score (nSPS) is 10.6. The molecule has 0 aliphatic heterocycles. The molecule has 0 radical (unpaired) electrons. The van der Waals surface area contributed by atoms with Crippen LogP contribution in [0.5, 0.6) is 0 Å². The Labute approximate surface area is 103 Å². The van der Waals surface area contributed by atoms with E-state index in [-0.39, 0.29) is 0 Å². The second-order valence-electron chi connectivity index (χ2n) is 3.70. The molecule has 17 heavy (non-hydrogen) atoms. The largest absolute Gasteiger partial charge is 0.330 e. The van der Waals surface area contributed by atoms with Gasteiger partial charge in [-0.1, -0.05) is 24.3 Å². The minimum absolute atomic E-state index is 0.482. The van der Waals surface area contributed by atoms with E-state index in [1.54, 1.807) is 6.20 Å². The molecule has 0 amide bonds. The van der Waals surface area contributed by atoms with Crippen LogP contribution in [0, 0.1) is 4.77 Å². The summed E-state index contributed by atoms with van der Waals surface area (Å²) in [4.78, 5) is 11.3. The van der Waals surface area contributed by atoms with Gasteiger partial charge in [0.2, 0.25) is 0 Å². The van der Waals surface area contributed by atoms with Gasteiger partial charge in [0.05, 0.1) is 5.69 Å². The Kier molecular flexibility index (Phi) is 2.42. The van der Waals surface area contributed by atoms with E-state index in [1.807, 2.05) is 36.7 Å². The van der Waals surface area contributed by atoms with Crippen LogP contribution in [0.1, 0.15) is 0 Å². The number of hydrogen-bond donors (Lipinski definition) is 1. The SMILES string of the molecule is S=c1nccc(-c2cncc3ccccc23)[nH]1. The molecule has 0 atom stereocenters. The zero-order valence-corrected chi connectivity index (χ0v) is 9.74. The van der Waals surface area contributed by atoms with Crippen LogP contribution in [-0.2, 0) is 0 Å². The van der Waals surface area contributed by atoms with Crippen LogP contribution < -0.4 is 0 Å². The molecule has 1 aromatic carbocycles. The van der Waals surface area contributed by atoms with E-state index in [1.165, 1.54) is 0 Å². The zero-order valence-electron chi connectivity index (χ0n) is 8.92. The summed E-state index contributed by atoms with van der Waals surface area (Å²) in [7, 11) is 0. The summed E-state index contributed by atoms with van der Waals surface area (Å²) in [5.41, 5.74) is 1.98. The Morgan fingerprint density at radius 2 is 1.94 bits per heavy atom. The lowest BCUT2D eigenvalue weighted by atomic mass is 10.1. The fourth-order valence-electron chi connectivity index (χ4n) is 1.86. The van der Waals surface area contributed by atoms with Crippen molar-refractivity contribution in [2.75, 3.05) is 0 Å². The predicted octanol–water partition coefficient (Wildman–Crippen LogP) is 3.35. The van der Waals surface area contributed by atoms with Gasteiger partial charge in [-0.3, -0.25) is 4.98 Å². The number of aromatic amines is 1. The summed E-state index contributed by atoms with van der Waals surface area (Å²) in [5.74, 6) is 0. The van der Waals surface area contributed by atoms with Crippen LogP contribution in [0.2, 0.25) is 0 Å². The van der Waals surface area contributed by atoms with Crippen LogP contribution in [-0.4, -0.2) is 15.0 Å². The van der Waals surface area contributed by atoms with E-state index in [0.717, 1.165) is 22.0 Å². The Bertz CT molecular complexity index is 728. The van der Waals surface area contributed by atoms with Gasteiger partial charge in [0.1, 0.15) is 0 Å². The van der Waals surface area contributed by atoms with Crippen molar-refractivity contribution in [3.8, 4) is 11.3 Å². The summed E-state index contributed by atoms with van der Waals surface area (Å²) < 4.78 is 0.482. The van der Waals surface area contributed by atoms with Gasteiger partial charge in [-0.2, -0.15) is 0 Å². The first-order valence-electron chi connectivity index (χ1n) is 5.23. The Morgan fingerprint density at radius 1 is 1.06 bits per heavy atom. The lowest BCUT2D eigenvalue weighted by Gasteiger charge is -2.05. The lowest BCUT2D eigenvalue weighted by Crippen LogP contribution is -1.88. The van der Waals surface area contributed by atoms with Crippen molar-refractivity contribution < 1.29 is 0 Å². The standard InChI is InChI=1S/C13H9N3S/c17-13-15-6-5-12(16-13)11-8-14-7-9-3-1-2-4-10(9)11/h1-8H,(H,15,16,17). The molecule has 0 saturated heterocycles. The maximum Gasteiger partial charge on any atom is 0.197 e. The maximum absolute atomic E-state index is 5.04. The molecule has 2 heterocycles. The molecule has 2 aromatic heterocycles. The summed E-state index contributed by atoms with van der Waals surface area (Å²) in [5, 5.41) is 2.26. The van der Waals surface area contributed by atoms with Gasteiger partial charge in [-0.15, -0.1) is 0 Å². The monoisotopic (exact) mass is 239 g/mol. The van der Waals surface area contributed by atoms with E-state index in [0.29, 0.717) is 4.77 Å². The maximum atomic E-state index is 5.04. The fourth-order valence-corrected chi connectivity index (χ4v) is 2.03. The van der Waals surface area contributed by atoms with Gasteiger partial charge >= 0.3 is 0 Å². The molecule has 0 spiro atoms.